The molecular formula is C36H54Cl2N2O4S2. The highest BCUT2D eigenvalue weighted by atomic mass is 35.5. The minimum Gasteiger partial charge on any atom is -0.480 e. The van der Waals surface area contributed by atoms with Crippen LogP contribution in [-0.4, -0.2) is 48.3 Å². The van der Waals surface area contributed by atoms with Gasteiger partial charge in [0.25, 0.3) is 0 Å². The maximum absolute atomic E-state index is 12.1. The van der Waals surface area contributed by atoms with Crippen LogP contribution in [0.3, 0.4) is 0 Å². The predicted octanol–water partition coefficient (Wildman–Crippen LogP) is 10.7. The maximum Gasteiger partial charge on any atom is 0.322 e. The van der Waals surface area contributed by atoms with Crippen LogP contribution < -0.4 is 10.6 Å². The van der Waals surface area contributed by atoms with Crippen LogP contribution in [0.25, 0.3) is 0 Å². The monoisotopic (exact) mass is 712 g/mol. The summed E-state index contributed by atoms with van der Waals surface area (Å²) in [5, 5.41) is 25.4. The van der Waals surface area contributed by atoms with E-state index in [9.17, 15) is 19.8 Å². The number of benzene rings is 2. The number of hydrogen-bond acceptors (Lipinski definition) is 6. The quantitative estimate of drug-likeness (QED) is 0.152. The van der Waals surface area contributed by atoms with E-state index in [0.29, 0.717) is 33.0 Å². The second-order valence-electron chi connectivity index (χ2n) is 11.8. The van der Waals surface area contributed by atoms with Crippen molar-refractivity contribution in [3.05, 3.63) is 68.7 Å². The van der Waals surface area contributed by atoms with Crippen LogP contribution in [0.4, 0.5) is 0 Å². The van der Waals surface area contributed by atoms with Gasteiger partial charge in [-0.25, -0.2) is 0 Å². The normalized spacial score (nSPS) is 16.7. The molecule has 0 saturated heterocycles. The smallest absolute Gasteiger partial charge is 0.322 e. The van der Waals surface area contributed by atoms with Crippen LogP contribution in [-0.2, 0) is 9.59 Å². The fourth-order valence-corrected chi connectivity index (χ4v) is 9.41. The number of rotatable bonds is 13. The maximum atomic E-state index is 12.1. The number of aliphatic carboxylic acids is 2. The number of halogens is 2. The zero-order valence-corrected chi connectivity index (χ0v) is 31.1. The van der Waals surface area contributed by atoms with Crippen molar-refractivity contribution in [2.45, 2.75) is 114 Å². The van der Waals surface area contributed by atoms with Crippen molar-refractivity contribution in [1.29, 1.82) is 0 Å². The van der Waals surface area contributed by atoms with Crippen molar-refractivity contribution in [3.8, 4) is 0 Å². The molecule has 2 atom stereocenters. The molecule has 6 nitrogen and oxygen atoms in total. The molecule has 0 amide bonds. The highest BCUT2D eigenvalue weighted by molar-refractivity contribution is 8.77. The molecule has 0 heterocycles. The van der Waals surface area contributed by atoms with E-state index in [-0.39, 0.29) is 0 Å². The second kappa shape index (κ2) is 23.0. The van der Waals surface area contributed by atoms with Crippen LogP contribution >= 0.6 is 44.8 Å². The lowest BCUT2D eigenvalue weighted by molar-refractivity contribution is -0.137. The Hall–Kier alpha value is -1.42. The Morgan fingerprint density at radius 1 is 0.652 bits per heavy atom. The van der Waals surface area contributed by atoms with Crippen LogP contribution in [0.1, 0.15) is 136 Å². The highest BCUT2D eigenvalue weighted by Crippen LogP contribution is 2.48. The molecule has 2 aromatic carbocycles. The van der Waals surface area contributed by atoms with E-state index >= 15 is 0 Å². The summed E-state index contributed by atoms with van der Waals surface area (Å²) in [5.74, 6) is -1.21. The summed E-state index contributed by atoms with van der Waals surface area (Å²) in [7, 11) is 2.07. The van der Waals surface area contributed by atoms with Crippen molar-refractivity contribution in [2.24, 2.45) is 0 Å². The molecular weight excluding hydrogens is 659 g/mol. The number of carboxylic acid groups (broad SMARTS) is 2. The molecule has 2 aromatic rings. The van der Waals surface area contributed by atoms with Gasteiger partial charge in [0.2, 0.25) is 0 Å². The largest absolute Gasteiger partial charge is 0.480 e. The number of nitrogens with one attached hydrogen (secondary N) is 2. The number of carbonyl (C=O) groups is 2. The van der Waals surface area contributed by atoms with E-state index in [1.165, 1.54) is 38.5 Å². The van der Waals surface area contributed by atoms with Gasteiger partial charge < -0.3 is 20.8 Å². The van der Waals surface area contributed by atoms with Crippen molar-refractivity contribution < 1.29 is 19.8 Å². The van der Waals surface area contributed by atoms with Gasteiger partial charge in [-0.05, 0) is 98.1 Å². The van der Waals surface area contributed by atoms with Gasteiger partial charge in [-0.2, -0.15) is 0 Å². The van der Waals surface area contributed by atoms with E-state index in [0.717, 1.165) is 84.6 Å². The lowest BCUT2D eigenvalue weighted by Gasteiger charge is -2.24. The second-order valence-corrected chi connectivity index (χ2v) is 15.1. The van der Waals surface area contributed by atoms with Crippen LogP contribution in [0.2, 0.25) is 10.0 Å². The van der Waals surface area contributed by atoms with Crippen molar-refractivity contribution in [2.75, 3.05) is 26.2 Å². The molecule has 0 bridgehead atoms. The van der Waals surface area contributed by atoms with Gasteiger partial charge in [-0.3, -0.25) is 9.59 Å². The Bertz CT molecular complexity index is 1100. The van der Waals surface area contributed by atoms with E-state index < -0.39 is 22.4 Å². The zero-order chi connectivity index (χ0) is 33.9. The molecule has 0 radical (unpaired) electrons. The van der Waals surface area contributed by atoms with Crippen LogP contribution in [0.15, 0.2) is 36.4 Å². The summed E-state index contributed by atoms with van der Waals surface area (Å²) in [6, 6.07) is 11.0. The first kappa shape index (κ1) is 40.8. The molecule has 2 unspecified atom stereocenters. The molecule has 2 saturated carbocycles. The van der Waals surface area contributed by atoms with E-state index in [1.807, 2.05) is 24.3 Å². The molecule has 0 aliphatic heterocycles. The SMILES string of the molecule is CCNCC.CCNCC.O=C(O)C(SSC(C(=O)O)c1ccc(C2CCCCC2)c(Cl)c1)c1ccc(C2CCCCC2)c(Cl)c1. The molecule has 0 aromatic heterocycles. The first-order valence-electron chi connectivity index (χ1n) is 17.0. The van der Waals surface area contributed by atoms with Gasteiger partial charge in [-0.15, -0.1) is 0 Å². The Labute approximate surface area is 295 Å². The third-order valence-electron chi connectivity index (χ3n) is 8.44. The van der Waals surface area contributed by atoms with Crippen LogP contribution in [0.5, 0.6) is 0 Å². The fraction of sp³-hybridized carbons (Fsp3) is 0.611. The Balaban J connectivity index is 0.000000642. The molecule has 258 valence electrons. The van der Waals surface area contributed by atoms with Gasteiger partial charge in [-0.1, -0.05) is 135 Å². The number of hydrogen-bond donors (Lipinski definition) is 4. The van der Waals surface area contributed by atoms with Gasteiger partial charge >= 0.3 is 11.9 Å². The fourth-order valence-electron chi connectivity index (χ4n) is 5.99. The molecule has 2 fully saturated rings. The van der Waals surface area contributed by atoms with Gasteiger partial charge in [0.1, 0.15) is 10.5 Å². The third kappa shape index (κ3) is 13.6. The van der Waals surface area contributed by atoms with Gasteiger partial charge in [0.15, 0.2) is 0 Å². The topological polar surface area (TPSA) is 98.7 Å². The standard InChI is InChI=1S/C28H32Cl2O4S2.2C4H11N/c29-23-15-19(11-13-21(23)17-7-3-1-4-8-17)25(27(31)32)35-36-26(28(33)34)20-12-14-22(24(30)16-20)18-9-5-2-6-10-18;2*1-3-5-4-2/h11-18,25-26H,1-10H2,(H,31,32)(H,33,34);2*5H,3-4H2,1-2H3. The first-order valence-corrected chi connectivity index (χ1v) is 20.0. The predicted molar refractivity (Wildman–Crippen MR) is 199 cm³/mol. The van der Waals surface area contributed by atoms with Gasteiger partial charge in [0.05, 0.1) is 0 Å². The van der Waals surface area contributed by atoms with E-state index in [4.69, 9.17) is 23.2 Å². The summed E-state index contributed by atoms with van der Waals surface area (Å²) in [6.45, 7) is 12.8. The Morgan fingerprint density at radius 3 is 1.22 bits per heavy atom. The lowest BCUT2D eigenvalue weighted by Crippen LogP contribution is -2.11. The van der Waals surface area contributed by atoms with Crippen molar-refractivity contribution in [3.63, 3.8) is 0 Å². The average Bonchev–Trinajstić information content (AvgIpc) is 3.05. The summed E-state index contributed by atoms with van der Waals surface area (Å²) in [6.07, 6.45) is 11.7. The molecule has 4 rings (SSSR count). The third-order valence-corrected chi connectivity index (χ3v) is 12.0. The summed E-state index contributed by atoms with van der Waals surface area (Å²) in [5.41, 5.74) is 3.30. The Morgan fingerprint density at radius 2 is 0.978 bits per heavy atom. The molecule has 2 aliphatic rings. The average molecular weight is 714 g/mol. The lowest BCUT2D eigenvalue weighted by atomic mass is 9.84. The number of carboxylic acids is 2. The highest BCUT2D eigenvalue weighted by Gasteiger charge is 2.29. The molecule has 10 heteroatoms. The minimum absolute atomic E-state index is 0.420. The van der Waals surface area contributed by atoms with Crippen molar-refractivity contribution >= 4 is 56.7 Å². The minimum atomic E-state index is -1.02. The van der Waals surface area contributed by atoms with Crippen molar-refractivity contribution in [1.82, 2.24) is 10.6 Å². The molecule has 4 N–H and O–H groups in total. The molecule has 46 heavy (non-hydrogen) atoms. The molecule has 2 aliphatic carbocycles. The summed E-state index contributed by atoms with van der Waals surface area (Å²) in [4.78, 5) is 24.3. The van der Waals surface area contributed by atoms with E-state index in [1.54, 1.807) is 12.1 Å². The van der Waals surface area contributed by atoms with E-state index in [2.05, 4.69) is 38.3 Å². The summed E-state index contributed by atoms with van der Waals surface area (Å²) < 4.78 is 0. The Kier molecular flexibility index (Phi) is 20.4. The van der Waals surface area contributed by atoms with Crippen LogP contribution in [0, 0.1) is 0 Å². The summed E-state index contributed by atoms with van der Waals surface area (Å²) >= 11 is 13.2. The zero-order valence-electron chi connectivity index (χ0n) is 28.0. The first-order chi connectivity index (χ1) is 22.2. The van der Waals surface area contributed by atoms with Gasteiger partial charge in [0, 0.05) is 10.0 Å². The molecule has 0 spiro atoms.